The van der Waals surface area contributed by atoms with Gasteiger partial charge in [-0.05, 0) is 12.8 Å². The fourth-order valence-electron chi connectivity index (χ4n) is 3.34. The molecule has 1 atom stereocenters. The Labute approximate surface area is 156 Å². The van der Waals surface area contributed by atoms with Crippen LogP contribution in [0.5, 0.6) is 0 Å². The Morgan fingerprint density at radius 3 is 1.40 bits per heavy atom. The van der Waals surface area contributed by atoms with Crippen LogP contribution in [0.25, 0.3) is 0 Å². The maximum atomic E-state index is 10.9. The Balaban J connectivity index is 3.15. The van der Waals surface area contributed by atoms with Gasteiger partial charge in [0, 0.05) is 6.92 Å². The van der Waals surface area contributed by atoms with Crippen molar-refractivity contribution >= 4 is 5.97 Å². The molecule has 0 aliphatic rings. The highest BCUT2D eigenvalue weighted by Crippen LogP contribution is 2.14. The quantitative estimate of drug-likeness (QED) is 0.210. The zero-order valence-electron chi connectivity index (χ0n) is 17.1. The number of rotatable bonds is 19. The van der Waals surface area contributed by atoms with Crippen LogP contribution in [-0.4, -0.2) is 23.8 Å². The maximum Gasteiger partial charge on any atom is 0.302 e. The third-order valence-electron chi connectivity index (χ3n) is 4.92. The van der Waals surface area contributed by atoms with Crippen molar-refractivity contribution in [2.24, 2.45) is 0 Å². The summed E-state index contributed by atoms with van der Waals surface area (Å²) in [6.07, 6.45) is 22.2. The van der Waals surface area contributed by atoms with E-state index >= 15 is 0 Å². The minimum Gasteiger partial charge on any atom is -0.460 e. The average Bonchev–Trinajstić information content (AvgIpc) is 2.60. The number of carbonyl (C=O) groups excluding carboxylic acids is 1. The molecule has 0 aliphatic heterocycles. The number of hydrogen-bond donors (Lipinski definition) is 1. The first-order chi connectivity index (χ1) is 12.2. The molecule has 0 aromatic rings. The summed E-state index contributed by atoms with van der Waals surface area (Å²) in [5.41, 5.74) is 0. The molecule has 0 heterocycles. The predicted molar refractivity (Wildman–Crippen MR) is 107 cm³/mol. The first-order valence-corrected chi connectivity index (χ1v) is 11.0. The highest BCUT2D eigenvalue weighted by Gasteiger charge is 2.09. The summed E-state index contributed by atoms with van der Waals surface area (Å²) < 4.78 is 5.03. The van der Waals surface area contributed by atoms with Gasteiger partial charge >= 0.3 is 5.97 Å². The molecule has 0 aliphatic carbocycles. The molecule has 0 saturated carbocycles. The molecule has 0 spiro atoms. The summed E-state index contributed by atoms with van der Waals surface area (Å²) >= 11 is 0. The van der Waals surface area contributed by atoms with Gasteiger partial charge < -0.3 is 9.84 Å². The summed E-state index contributed by atoms with van der Waals surface area (Å²) in [7, 11) is 0. The van der Waals surface area contributed by atoms with Gasteiger partial charge in [0.15, 0.2) is 0 Å². The van der Waals surface area contributed by atoms with E-state index in [-0.39, 0.29) is 18.7 Å². The van der Waals surface area contributed by atoms with Crippen molar-refractivity contribution < 1.29 is 14.6 Å². The highest BCUT2D eigenvalue weighted by atomic mass is 16.5. The number of hydrogen-bond acceptors (Lipinski definition) is 3. The molecule has 3 heteroatoms. The smallest absolute Gasteiger partial charge is 0.302 e. The molecule has 0 aromatic carbocycles. The van der Waals surface area contributed by atoms with Gasteiger partial charge in [-0.2, -0.15) is 0 Å². The molecule has 0 fully saturated rings. The molecule has 0 radical (unpaired) electrons. The lowest BCUT2D eigenvalue weighted by molar-refractivity contribution is -0.148. The van der Waals surface area contributed by atoms with Crippen LogP contribution in [0.1, 0.15) is 123 Å². The van der Waals surface area contributed by atoms with Gasteiger partial charge in [-0.3, -0.25) is 4.79 Å². The van der Waals surface area contributed by atoms with E-state index in [1.54, 1.807) is 0 Å². The first-order valence-electron chi connectivity index (χ1n) is 11.0. The molecule has 0 saturated heterocycles. The average molecular weight is 357 g/mol. The van der Waals surface area contributed by atoms with Gasteiger partial charge in [-0.25, -0.2) is 0 Å². The Hall–Kier alpha value is -0.570. The normalized spacial score (nSPS) is 12.3. The summed E-state index contributed by atoms with van der Waals surface area (Å²) in [5.74, 6) is -0.296. The number of unbranched alkanes of at least 4 members (excludes halogenated alkanes) is 15. The van der Waals surface area contributed by atoms with E-state index in [0.717, 1.165) is 12.8 Å². The predicted octanol–water partition coefficient (Wildman–Crippen LogP) is 6.56. The van der Waals surface area contributed by atoms with Crippen LogP contribution in [0, 0.1) is 0 Å². The zero-order chi connectivity index (χ0) is 18.6. The highest BCUT2D eigenvalue weighted by molar-refractivity contribution is 5.66. The first kappa shape index (κ1) is 24.4. The number of esters is 1. The van der Waals surface area contributed by atoms with Crippen molar-refractivity contribution in [1.82, 2.24) is 0 Å². The van der Waals surface area contributed by atoms with Gasteiger partial charge in [-0.1, -0.05) is 103 Å². The van der Waals surface area contributed by atoms with E-state index in [4.69, 9.17) is 9.84 Å². The molecule has 0 aromatic heterocycles. The Kier molecular flexibility index (Phi) is 19.3. The summed E-state index contributed by atoms with van der Waals surface area (Å²) in [5, 5.41) is 9.12. The Morgan fingerprint density at radius 1 is 0.720 bits per heavy atom. The molecule has 25 heavy (non-hydrogen) atoms. The molecular formula is C22H44O3. The topological polar surface area (TPSA) is 46.5 Å². The standard InChI is InChI=1S/C22H44O3/c1-3-4-5-6-7-8-9-10-11-12-13-14-15-16-17-18-19-22(20-23)25-21(2)24/h22-23H,3-20H2,1-2H3. The molecule has 3 nitrogen and oxygen atoms in total. The van der Waals surface area contributed by atoms with E-state index < -0.39 is 0 Å². The SMILES string of the molecule is CCCCCCCCCCCCCCCCCCC(CO)OC(C)=O. The third kappa shape index (κ3) is 19.6. The molecule has 0 bridgehead atoms. The molecule has 1 N–H and O–H groups in total. The van der Waals surface area contributed by atoms with Crippen molar-refractivity contribution in [3.63, 3.8) is 0 Å². The Morgan fingerprint density at radius 2 is 1.08 bits per heavy atom. The number of ether oxygens (including phenoxy) is 1. The second kappa shape index (κ2) is 19.8. The fraction of sp³-hybridized carbons (Fsp3) is 0.955. The van der Waals surface area contributed by atoms with Crippen molar-refractivity contribution in [3.05, 3.63) is 0 Å². The molecular weight excluding hydrogens is 312 g/mol. The van der Waals surface area contributed by atoms with Gasteiger partial charge in [0.1, 0.15) is 6.10 Å². The van der Waals surface area contributed by atoms with Crippen molar-refractivity contribution in [3.8, 4) is 0 Å². The number of aliphatic hydroxyl groups is 1. The van der Waals surface area contributed by atoms with Crippen molar-refractivity contribution in [2.45, 2.75) is 129 Å². The molecule has 0 amide bonds. The van der Waals surface area contributed by atoms with Crippen molar-refractivity contribution in [1.29, 1.82) is 0 Å². The number of aliphatic hydroxyl groups excluding tert-OH is 1. The minimum absolute atomic E-state index is 0.0572. The number of carbonyl (C=O) groups is 1. The van der Waals surface area contributed by atoms with Crippen LogP contribution in [0.2, 0.25) is 0 Å². The van der Waals surface area contributed by atoms with Crippen LogP contribution in [0.3, 0.4) is 0 Å². The van der Waals surface area contributed by atoms with E-state index in [0.29, 0.717) is 0 Å². The maximum absolute atomic E-state index is 10.9. The van der Waals surface area contributed by atoms with Gasteiger partial charge in [0.2, 0.25) is 0 Å². The van der Waals surface area contributed by atoms with E-state index in [1.165, 1.54) is 103 Å². The molecule has 1 unspecified atom stereocenters. The summed E-state index contributed by atoms with van der Waals surface area (Å²) in [6, 6.07) is 0. The largest absolute Gasteiger partial charge is 0.460 e. The van der Waals surface area contributed by atoms with E-state index in [2.05, 4.69) is 6.92 Å². The lowest BCUT2D eigenvalue weighted by atomic mass is 10.0. The van der Waals surface area contributed by atoms with Crippen molar-refractivity contribution in [2.75, 3.05) is 6.61 Å². The minimum atomic E-state index is -0.302. The van der Waals surface area contributed by atoms with Crippen LogP contribution < -0.4 is 0 Å². The van der Waals surface area contributed by atoms with Gasteiger partial charge in [-0.15, -0.1) is 0 Å². The second-order valence-corrected chi connectivity index (χ2v) is 7.51. The van der Waals surface area contributed by atoms with E-state index in [1.807, 2.05) is 0 Å². The fourth-order valence-corrected chi connectivity index (χ4v) is 3.34. The van der Waals surface area contributed by atoms with Gasteiger partial charge in [0.25, 0.3) is 0 Å². The van der Waals surface area contributed by atoms with Gasteiger partial charge in [0.05, 0.1) is 6.61 Å². The third-order valence-corrected chi connectivity index (χ3v) is 4.92. The lowest BCUT2D eigenvalue weighted by Gasteiger charge is -2.13. The van der Waals surface area contributed by atoms with Crippen LogP contribution >= 0.6 is 0 Å². The lowest BCUT2D eigenvalue weighted by Crippen LogP contribution is -2.20. The summed E-state index contributed by atoms with van der Waals surface area (Å²) in [4.78, 5) is 10.9. The van der Waals surface area contributed by atoms with Crippen LogP contribution in [0.15, 0.2) is 0 Å². The monoisotopic (exact) mass is 356 g/mol. The van der Waals surface area contributed by atoms with Crippen LogP contribution in [0.4, 0.5) is 0 Å². The van der Waals surface area contributed by atoms with E-state index in [9.17, 15) is 4.79 Å². The molecule has 150 valence electrons. The second-order valence-electron chi connectivity index (χ2n) is 7.51. The van der Waals surface area contributed by atoms with Crippen LogP contribution in [-0.2, 0) is 9.53 Å². The zero-order valence-corrected chi connectivity index (χ0v) is 17.1. The summed E-state index contributed by atoms with van der Waals surface area (Å²) in [6.45, 7) is 3.62. The Bertz CT molecular complexity index is 278. The molecule has 0 rings (SSSR count).